The standard InChI is InChI=1S/C24H29N3O2/c28-23(20-13-6-2-7-14-20)25-21-22(19-11-4-1-5-12-19)27(24(21)29)18-10-17-26-15-8-3-9-16-26/h1-2,4-7,11-14,21-22H,3,8-10,15-18H2,(H,25,28). The van der Waals surface area contributed by atoms with Crippen molar-refractivity contribution in [1.29, 1.82) is 0 Å². The van der Waals surface area contributed by atoms with Gasteiger partial charge in [0.15, 0.2) is 0 Å². The van der Waals surface area contributed by atoms with Crippen LogP contribution >= 0.6 is 0 Å². The Balaban J connectivity index is 1.41. The third-order valence-electron chi connectivity index (χ3n) is 5.99. The molecule has 2 saturated heterocycles. The van der Waals surface area contributed by atoms with E-state index >= 15 is 0 Å². The van der Waals surface area contributed by atoms with Gasteiger partial charge in [-0.15, -0.1) is 0 Å². The molecule has 0 saturated carbocycles. The monoisotopic (exact) mass is 391 g/mol. The molecule has 2 fully saturated rings. The highest BCUT2D eigenvalue weighted by Crippen LogP contribution is 2.35. The number of carbonyl (C=O) groups excluding carboxylic acids is 2. The molecule has 5 nitrogen and oxygen atoms in total. The average Bonchev–Trinajstić information content (AvgIpc) is 2.79. The maximum absolute atomic E-state index is 12.9. The van der Waals surface area contributed by atoms with Crippen LogP contribution < -0.4 is 5.32 Å². The van der Waals surface area contributed by atoms with Gasteiger partial charge in [-0.25, -0.2) is 0 Å². The van der Waals surface area contributed by atoms with Crippen LogP contribution in [0.25, 0.3) is 0 Å². The van der Waals surface area contributed by atoms with E-state index in [1.165, 1.54) is 32.4 Å². The molecule has 2 atom stereocenters. The summed E-state index contributed by atoms with van der Waals surface area (Å²) in [5.74, 6) is -0.181. The quantitative estimate of drug-likeness (QED) is 0.737. The number of hydrogen-bond donors (Lipinski definition) is 1. The van der Waals surface area contributed by atoms with E-state index in [9.17, 15) is 9.59 Å². The lowest BCUT2D eigenvalue weighted by Crippen LogP contribution is -2.65. The van der Waals surface area contributed by atoms with Gasteiger partial charge in [0.1, 0.15) is 6.04 Å². The first-order valence-electron chi connectivity index (χ1n) is 10.7. The van der Waals surface area contributed by atoms with Crippen LogP contribution in [0.1, 0.15) is 47.6 Å². The molecule has 0 radical (unpaired) electrons. The van der Waals surface area contributed by atoms with Gasteiger partial charge in [0.05, 0.1) is 6.04 Å². The van der Waals surface area contributed by atoms with Crippen LogP contribution in [0.5, 0.6) is 0 Å². The van der Waals surface area contributed by atoms with E-state index in [1.54, 1.807) is 12.1 Å². The molecular weight excluding hydrogens is 362 g/mol. The lowest BCUT2D eigenvalue weighted by atomic mass is 9.88. The Morgan fingerprint density at radius 2 is 1.55 bits per heavy atom. The molecule has 0 spiro atoms. The predicted octanol–water partition coefficient (Wildman–Crippen LogP) is 3.24. The van der Waals surface area contributed by atoms with E-state index in [4.69, 9.17) is 0 Å². The van der Waals surface area contributed by atoms with E-state index < -0.39 is 6.04 Å². The van der Waals surface area contributed by atoms with Gasteiger partial charge in [0.2, 0.25) is 5.91 Å². The number of likely N-dealkylation sites (tertiary alicyclic amines) is 2. The zero-order valence-electron chi connectivity index (χ0n) is 16.8. The number of amides is 2. The second-order valence-corrected chi connectivity index (χ2v) is 7.96. The summed E-state index contributed by atoms with van der Waals surface area (Å²) < 4.78 is 0. The Labute approximate surface area is 172 Å². The SMILES string of the molecule is O=C(NC1C(=O)N(CCCN2CCCCC2)C1c1ccccc1)c1ccccc1. The van der Waals surface area contributed by atoms with Crippen LogP contribution in [0.2, 0.25) is 0 Å². The molecule has 2 unspecified atom stereocenters. The normalized spacial score (nSPS) is 22.2. The van der Waals surface area contributed by atoms with Crippen molar-refractivity contribution in [2.24, 2.45) is 0 Å². The van der Waals surface area contributed by atoms with E-state index in [1.807, 2.05) is 53.4 Å². The molecule has 29 heavy (non-hydrogen) atoms. The van der Waals surface area contributed by atoms with Gasteiger partial charge in [0.25, 0.3) is 5.91 Å². The highest BCUT2D eigenvalue weighted by atomic mass is 16.2. The minimum atomic E-state index is -0.500. The zero-order valence-corrected chi connectivity index (χ0v) is 16.8. The number of piperidine rings is 1. The summed E-state index contributed by atoms with van der Waals surface area (Å²) in [6, 6.07) is 18.5. The van der Waals surface area contributed by atoms with Gasteiger partial charge in [0, 0.05) is 12.1 Å². The van der Waals surface area contributed by atoms with Gasteiger partial charge >= 0.3 is 0 Å². The fraction of sp³-hybridized carbons (Fsp3) is 0.417. The van der Waals surface area contributed by atoms with Crippen LogP contribution in [0.4, 0.5) is 0 Å². The Morgan fingerprint density at radius 3 is 2.24 bits per heavy atom. The highest BCUT2D eigenvalue weighted by Gasteiger charge is 2.48. The number of nitrogens with one attached hydrogen (secondary N) is 1. The average molecular weight is 392 g/mol. The van der Waals surface area contributed by atoms with Gasteiger partial charge in [-0.3, -0.25) is 9.59 Å². The molecule has 2 heterocycles. The lowest BCUT2D eigenvalue weighted by Gasteiger charge is -2.48. The molecule has 1 N–H and O–H groups in total. The Morgan fingerprint density at radius 1 is 0.897 bits per heavy atom. The highest BCUT2D eigenvalue weighted by molar-refractivity contribution is 6.00. The maximum atomic E-state index is 12.9. The summed E-state index contributed by atoms with van der Waals surface area (Å²) in [5, 5.41) is 2.96. The van der Waals surface area contributed by atoms with Gasteiger partial charge in [-0.1, -0.05) is 55.0 Å². The lowest BCUT2D eigenvalue weighted by molar-refractivity contribution is -0.151. The summed E-state index contributed by atoms with van der Waals surface area (Å²) in [4.78, 5) is 29.9. The first-order chi connectivity index (χ1) is 14.2. The Bertz CT molecular complexity index is 819. The third kappa shape index (κ3) is 4.51. The molecule has 152 valence electrons. The topological polar surface area (TPSA) is 52.7 Å². The number of nitrogens with zero attached hydrogens (tertiary/aromatic N) is 2. The summed E-state index contributed by atoms with van der Waals surface area (Å²) in [6.45, 7) is 4.11. The van der Waals surface area contributed by atoms with Crippen LogP contribution in [0.3, 0.4) is 0 Å². The molecule has 0 aliphatic carbocycles. The van der Waals surface area contributed by atoms with Crippen molar-refractivity contribution in [3.63, 3.8) is 0 Å². The first kappa shape index (κ1) is 19.6. The summed E-state index contributed by atoms with van der Waals surface area (Å²) >= 11 is 0. The maximum Gasteiger partial charge on any atom is 0.251 e. The van der Waals surface area contributed by atoms with Gasteiger partial charge < -0.3 is 15.1 Å². The summed E-state index contributed by atoms with van der Waals surface area (Å²) in [7, 11) is 0. The van der Waals surface area contributed by atoms with Crippen molar-refractivity contribution in [2.75, 3.05) is 26.2 Å². The summed E-state index contributed by atoms with van der Waals surface area (Å²) in [6.07, 6.45) is 4.86. The number of carbonyl (C=O) groups is 2. The summed E-state index contributed by atoms with van der Waals surface area (Å²) in [5.41, 5.74) is 1.65. The third-order valence-corrected chi connectivity index (χ3v) is 5.99. The van der Waals surface area contributed by atoms with Gasteiger partial charge in [-0.2, -0.15) is 0 Å². The van der Waals surface area contributed by atoms with Crippen molar-refractivity contribution in [1.82, 2.24) is 15.1 Å². The van der Waals surface area contributed by atoms with Crippen molar-refractivity contribution >= 4 is 11.8 Å². The fourth-order valence-corrected chi connectivity index (χ4v) is 4.42. The zero-order chi connectivity index (χ0) is 20.1. The molecule has 4 rings (SSSR count). The molecule has 2 aromatic carbocycles. The van der Waals surface area contributed by atoms with E-state index in [-0.39, 0.29) is 17.9 Å². The van der Waals surface area contributed by atoms with Crippen LogP contribution in [-0.4, -0.2) is 53.8 Å². The molecule has 2 aliphatic heterocycles. The van der Waals surface area contributed by atoms with Gasteiger partial charge in [-0.05, 0) is 56.6 Å². The van der Waals surface area contributed by atoms with E-state index in [2.05, 4.69) is 10.2 Å². The van der Waals surface area contributed by atoms with E-state index in [0.29, 0.717) is 5.56 Å². The second kappa shape index (κ2) is 9.23. The molecule has 2 aromatic rings. The van der Waals surface area contributed by atoms with Crippen molar-refractivity contribution < 1.29 is 9.59 Å². The van der Waals surface area contributed by atoms with Crippen molar-refractivity contribution in [3.05, 3.63) is 71.8 Å². The Kier molecular flexibility index (Phi) is 6.25. The number of benzene rings is 2. The number of β-lactam (4-membered cyclic amide) rings is 1. The van der Waals surface area contributed by atoms with Crippen LogP contribution in [-0.2, 0) is 4.79 Å². The van der Waals surface area contributed by atoms with Crippen LogP contribution in [0, 0.1) is 0 Å². The molecule has 5 heteroatoms. The smallest absolute Gasteiger partial charge is 0.251 e. The molecule has 2 aliphatic rings. The van der Waals surface area contributed by atoms with Crippen LogP contribution in [0.15, 0.2) is 60.7 Å². The Hall–Kier alpha value is -2.66. The molecule has 2 amide bonds. The number of hydrogen-bond acceptors (Lipinski definition) is 3. The molecule has 0 bridgehead atoms. The molecular formula is C24H29N3O2. The largest absolute Gasteiger partial charge is 0.338 e. The van der Waals surface area contributed by atoms with Crippen molar-refractivity contribution in [3.8, 4) is 0 Å². The minimum Gasteiger partial charge on any atom is -0.338 e. The molecule has 0 aromatic heterocycles. The van der Waals surface area contributed by atoms with E-state index in [0.717, 1.165) is 25.1 Å². The fourth-order valence-electron chi connectivity index (χ4n) is 4.42. The first-order valence-corrected chi connectivity index (χ1v) is 10.7. The predicted molar refractivity (Wildman–Crippen MR) is 114 cm³/mol. The number of rotatable bonds is 7. The second-order valence-electron chi connectivity index (χ2n) is 7.96. The minimum absolute atomic E-state index is 0.0155. The van der Waals surface area contributed by atoms with Crippen molar-refractivity contribution in [2.45, 2.75) is 37.8 Å².